The molecule has 3 aromatic carbocycles. The van der Waals surface area contributed by atoms with Crippen LogP contribution >= 0.6 is 0 Å². The number of aliphatic imine (C=N–C) groups is 1. The number of hydrogen-bond acceptors (Lipinski definition) is 6. The zero-order chi connectivity index (χ0) is 34.5. The first-order valence-corrected chi connectivity index (χ1v) is 17.1. The molecule has 2 saturated heterocycles. The van der Waals surface area contributed by atoms with Crippen molar-refractivity contribution in [2.24, 2.45) is 4.99 Å². The zero-order valence-corrected chi connectivity index (χ0v) is 28.5. The lowest BCUT2D eigenvalue weighted by Crippen LogP contribution is -2.46. The number of hydrogen-bond donors (Lipinski definition) is 2. The topological polar surface area (TPSA) is 79.9 Å². The van der Waals surface area contributed by atoms with Gasteiger partial charge in [0.15, 0.2) is 0 Å². The number of H-pyrrole nitrogens is 1. The zero-order valence-electron chi connectivity index (χ0n) is 28.5. The number of nitrogens with zero attached hydrogens (tertiary/aromatic N) is 5. The molecule has 0 unspecified atom stereocenters. The van der Waals surface area contributed by atoms with E-state index >= 15 is 8.78 Å². The molecule has 2 aliphatic rings. The molecule has 2 fully saturated rings. The quantitative estimate of drug-likeness (QED) is 0.159. The normalized spacial score (nSPS) is 19.1. The van der Waals surface area contributed by atoms with Crippen molar-refractivity contribution in [1.82, 2.24) is 30.0 Å². The third-order valence-corrected chi connectivity index (χ3v) is 9.98. The summed E-state index contributed by atoms with van der Waals surface area (Å²) in [5.41, 5.74) is 3.90. The van der Waals surface area contributed by atoms with Crippen molar-refractivity contribution >= 4 is 18.3 Å². The van der Waals surface area contributed by atoms with Gasteiger partial charge < -0.3 is 15.2 Å². The van der Waals surface area contributed by atoms with Crippen molar-refractivity contribution in [1.29, 1.82) is 0 Å². The number of imidazole rings is 1. The molecule has 0 radical (unpaired) electrons. The summed E-state index contributed by atoms with van der Waals surface area (Å²) in [5.74, 6) is 0.0208. The summed E-state index contributed by atoms with van der Waals surface area (Å²) < 4.78 is 31.2. The molecule has 2 N–H and O–H groups in total. The molecular formula is C39H45F2N7O. The van der Waals surface area contributed by atoms with Gasteiger partial charge >= 0.3 is 0 Å². The van der Waals surface area contributed by atoms with Gasteiger partial charge in [0.05, 0.1) is 23.6 Å². The van der Waals surface area contributed by atoms with E-state index in [2.05, 4.69) is 43.8 Å². The van der Waals surface area contributed by atoms with E-state index in [1.54, 1.807) is 30.5 Å². The van der Waals surface area contributed by atoms with Gasteiger partial charge in [-0.3, -0.25) is 19.6 Å². The Balaban J connectivity index is 1.15. The first-order chi connectivity index (χ1) is 23.8. The number of halogens is 2. The van der Waals surface area contributed by atoms with Gasteiger partial charge in [0.1, 0.15) is 23.5 Å². The minimum atomic E-state index is -0.476. The van der Waals surface area contributed by atoms with Gasteiger partial charge in [-0.05, 0) is 101 Å². The van der Waals surface area contributed by atoms with E-state index in [-0.39, 0.29) is 24.0 Å². The average molecular weight is 666 g/mol. The molecule has 3 heterocycles. The van der Waals surface area contributed by atoms with Gasteiger partial charge in [-0.2, -0.15) is 0 Å². The molecule has 8 nitrogen and oxygen atoms in total. The van der Waals surface area contributed by atoms with E-state index in [1.807, 2.05) is 49.2 Å². The minimum absolute atomic E-state index is 0.0639. The van der Waals surface area contributed by atoms with E-state index in [0.29, 0.717) is 46.7 Å². The maximum atomic E-state index is 15.7. The summed E-state index contributed by atoms with van der Waals surface area (Å²) in [7, 11) is 4.04. The number of rotatable bonds is 12. The van der Waals surface area contributed by atoms with Crippen LogP contribution in [-0.4, -0.2) is 83.6 Å². The second-order valence-electron chi connectivity index (χ2n) is 13.0. The number of benzene rings is 3. The fourth-order valence-electron chi connectivity index (χ4n) is 7.15. The molecule has 3 atom stereocenters. The van der Waals surface area contributed by atoms with Crippen molar-refractivity contribution in [3.8, 4) is 22.4 Å². The van der Waals surface area contributed by atoms with E-state index < -0.39 is 11.6 Å². The van der Waals surface area contributed by atoms with Crippen LogP contribution in [0.4, 0.5) is 8.78 Å². The largest absolute Gasteiger partial charge is 0.381 e. The third kappa shape index (κ3) is 7.35. The lowest BCUT2D eigenvalue weighted by atomic mass is 10.00. The number of likely N-dealkylation sites (tertiary alicyclic amines) is 2. The molecule has 1 amide bonds. The molecule has 0 saturated carbocycles. The van der Waals surface area contributed by atoms with Gasteiger partial charge in [0, 0.05) is 36.5 Å². The SMILES string of the molecule is C=N/C=C(\NC[C@@H]1CCCN1C(=O)[C@@H](c1ccccc1)N(C)CC)c1ccc(-c2ccc(-c3cnc([C@@H]4CCCN4C)[nH]3)c(F)c2)cc1F. The van der Waals surface area contributed by atoms with Gasteiger partial charge in [0.2, 0.25) is 5.91 Å². The van der Waals surface area contributed by atoms with E-state index in [4.69, 9.17) is 0 Å². The maximum Gasteiger partial charge on any atom is 0.244 e. The van der Waals surface area contributed by atoms with Crippen LogP contribution < -0.4 is 5.32 Å². The second kappa shape index (κ2) is 15.3. The number of likely N-dealkylation sites (N-methyl/N-ethyl adjacent to an activating group) is 1. The number of aromatic amines is 1. The minimum Gasteiger partial charge on any atom is -0.381 e. The maximum absolute atomic E-state index is 15.7. The fraction of sp³-hybridized carbons (Fsp3) is 0.359. The Morgan fingerprint density at radius 2 is 1.82 bits per heavy atom. The molecule has 0 bridgehead atoms. The first-order valence-electron chi connectivity index (χ1n) is 17.1. The van der Waals surface area contributed by atoms with Crippen LogP contribution in [0.15, 0.2) is 84.1 Å². The lowest BCUT2D eigenvalue weighted by molar-refractivity contribution is -0.137. The second-order valence-corrected chi connectivity index (χ2v) is 13.0. The molecule has 1 aromatic heterocycles. The standard InChI is InChI=1S/C39H45F2N7O/c1-5-46(3)37(26-11-7-6-8-12-26)39(49)48-20-9-13-29(48)23-43-34(24-42-2)30-17-15-27(21-32(30)40)28-16-18-31(33(41)22-28)35-25-44-38(45-35)36-14-10-19-47(36)4/h6-8,11-12,15-18,21-22,24-25,29,36-37,43H,2,5,9-10,13-14,19-20,23H2,1,3-4H3,(H,44,45)/b34-24-/t29-,36-,37+/m0/s1. The number of nitrogens with one attached hydrogen (secondary N) is 2. The highest BCUT2D eigenvalue weighted by molar-refractivity contribution is 5.84. The van der Waals surface area contributed by atoms with Crippen molar-refractivity contribution in [2.75, 3.05) is 40.3 Å². The molecule has 0 aliphatic carbocycles. The highest BCUT2D eigenvalue weighted by Crippen LogP contribution is 2.33. The lowest BCUT2D eigenvalue weighted by Gasteiger charge is -2.33. The van der Waals surface area contributed by atoms with E-state index in [0.717, 1.165) is 50.2 Å². The fourth-order valence-corrected chi connectivity index (χ4v) is 7.15. The summed E-state index contributed by atoms with van der Waals surface area (Å²) >= 11 is 0. The number of amides is 1. The monoisotopic (exact) mass is 665 g/mol. The molecule has 0 spiro atoms. The molecule has 4 aromatic rings. The summed E-state index contributed by atoms with van der Waals surface area (Å²) in [5, 5.41) is 3.35. The molecule has 2 aliphatic heterocycles. The Bertz CT molecular complexity index is 1810. The van der Waals surface area contributed by atoms with Crippen LogP contribution in [0.25, 0.3) is 28.1 Å². The van der Waals surface area contributed by atoms with Crippen molar-refractivity contribution in [3.05, 3.63) is 108 Å². The summed E-state index contributed by atoms with van der Waals surface area (Å²) in [6.45, 7) is 8.49. The highest BCUT2D eigenvalue weighted by atomic mass is 19.1. The van der Waals surface area contributed by atoms with Crippen LogP contribution in [0, 0.1) is 11.6 Å². The van der Waals surface area contributed by atoms with Gasteiger partial charge in [-0.1, -0.05) is 49.4 Å². The van der Waals surface area contributed by atoms with Gasteiger partial charge in [0.25, 0.3) is 0 Å². The average Bonchev–Trinajstić information content (AvgIpc) is 3.88. The van der Waals surface area contributed by atoms with Crippen molar-refractivity contribution in [3.63, 3.8) is 0 Å². The van der Waals surface area contributed by atoms with Gasteiger partial charge in [-0.25, -0.2) is 13.8 Å². The van der Waals surface area contributed by atoms with E-state index in [1.165, 1.54) is 18.3 Å². The number of aromatic nitrogens is 2. The molecule has 49 heavy (non-hydrogen) atoms. The summed E-state index contributed by atoms with van der Waals surface area (Å²) in [6.07, 6.45) is 7.03. The molecular weight excluding hydrogens is 620 g/mol. The van der Waals surface area contributed by atoms with Crippen molar-refractivity contribution < 1.29 is 13.6 Å². The van der Waals surface area contributed by atoms with Crippen LogP contribution in [0.2, 0.25) is 0 Å². The Labute approximate surface area is 287 Å². The molecule has 10 heteroatoms. The molecule has 6 rings (SSSR count). The van der Waals surface area contributed by atoms with Gasteiger partial charge in [-0.15, -0.1) is 0 Å². The van der Waals surface area contributed by atoms with Crippen molar-refractivity contribution in [2.45, 2.75) is 50.7 Å². The smallest absolute Gasteiger partial charge is 0.244 e. The Hall–Kier alpha value is -4.67. The first kappa shape index (κ1) is 34.2. The third-order valence-electron chi connectivity index (χ3n) is 9.98. The van der Waals surface area contributed by atoms with E-state index in [9.17, 15) is 4.79 Å². The predicted molar refractivity (Wildman–Crippen MR) is 192 cm³/mol. The van der Waals surface area contributed by atoms with Crippen LogP contribution in [-0.2, 0) is 4.79 Å². The number of carbonyl (C=O) groups excluding carboxylic acids is 1. The summed E-state index contributed by atoms with van der Waals surface area (Å²) in [6, 6.07) is 19.4. The Kier molecular flexibility index (Phi) is 10.7. The molecule has 256 valence electrons. The van der Waals surface area contributed by atoms with Crippen LogP contribution in [0.3, 0.4) is 0 Å². The predicted octanol–water partition coefficient (Wildman–Crippen LogP) is 7.06. The Morgan fingerprint density at radius 3 is 2.49 bits per heavy atom. The van der Waals surface area contributed by atoms with Crippen LogP contribution in [0.1, 0.15) is 61.6 Å². The van der Waals surface area contributed by atoms with Crippen LogP contribution in [0.5, 0.6) is 0 Å². The summed E-state index contributed by atoms with van der Waals surface area (Å²) in [4.78, 5) is 32.0. The highest BCUT2D eigenvalue weighted by Gasteiger charge is 2.35. The Morgan fingerprint density at radius 1 is 1.08 bits per heavy atom. The number of carbonyl (C=O) groups is 1.